The van der Waals surface area contributed by atoms with E-state index in [1.54, 1.807) is 25.6 Å². The van der Waals surface area contributed by atoms with Crippen molar-refractivity contribution >= 4 is 30.7 Å². The van der Waals surface area contributed by atoms with Crippen LogP contribution in [0.2, 0.25) is 30.7 Å². The molecule has 0 aliphatic carbocycles. The predicted octanol–water partition coefficient (Wildman–Crippen LogP) is 4.95. The number of H-pyrrole nitrogens is 1. The minimum Gasteiger partial charge on any atom is -0.385 e. The van der Waals surface area contributed by atoms with E-state index in [2.05, 4.69) is 39.6 Å². The summed E-state index contributed by atoms with van der Waals surface area (Å²) in [5.41, 5.74) is 2.56. The van der Waals surface area contributed by atoms with Gasteiger partial charge < -0.3 is 9.72 Å². The number of hydrogen-bond acceptors (Lipinski definition) is 4. The van der Waals surface area contributed by atoms with Crippen molar-refractivity contribution in [3.63, 3.8) is 0 Å². The summed E-state index contributed by atoms with van der Waals surface area (Å²) in [6.07, 6.45) is 5.28. The molecule has 0 atom stereocenters. The Kier molecular flexibility index (Phi) is 6.69. The number of nitrogens with zero attached hydrogens (tertiary/aromatic N) is 3. The SMILES string of the molecule is COCC[Si](C)(C)C.Cc1nccc(-c2c[nH]c3nccc(Cl)c23)n1. The van der Waals surface area contributed by atoms with E-state index >= 15 is 0 Å². The van der Waals surface area contributed by atoms with Gasteiger partial charge in [0.2, 0.25) is 0 Å². The molecule has 3 aromatic rings. The molecular weight excluding hydrogens is 352 g/mol. The molecule has 3 rings (SSSR count). The number of pyridine rings is 1. The zero-order valence-electron chi connectivity index (χ0n) is 15.4. The predicted molar refractivity (Wildman–Crippen MR) is 107 cm³/mol. The molecule has 0 aliphatic heterocycles. The lowest BCUT2D eigenvalue weighted by Gasteiger charge is -2.13. The fraction of sp³-hybridized carbons (Fsp3) is 0.389. The topological polar surface area (TPSA) is 63.7 Å². The Labute approximate surface area is 154 Å². The molecule has 0 aliphatic rings. The van der Waals surface area contributed by atoms with Gasteiger partial charge in [-0.15, -0.1) is 0 Å². The number of ether oxygens (including phenoxy) is 1. The molecule has 0 saturated carbocycles. The fourth-order valence-electron chi connectivity index (χ4n) is 2.23. The number of fused-ring (bicyclic) bond motifs is 1. The largest absolute Gasteiger partial charge is 0.385 e. The maximum atomic E-state index is 6.19. The highest BCUT2D eigenvalue weighted by atomic mass is 35.5. The Bertz CT molecular complexity index is 829. The normalized spacial score (nSPS) is 11.3. The quantitative estimate of drug-likeness (QED) is 0.654. The Morgan fingerprint density at radius 1 is 1.16 bits per heavy atom. The number of methoxy groups -OCH3 is 1. The van der Waals surface area contributed by atoms with Crippen molar-refractivity contribution in [1.29, 1.82) is 0 Å². The van der Waals surface area contributed by atoms with Crippen LogP contribution in [0.15, 0.2) is 30.7 Å². The number of hydrogen-bond donors (Lipinski definition) is 1. The van der Waals surface area contributed by atoms with Crippen molar-refractivity contribution in [3.8, 4) is 11.3 Å². The molecule has 3 aromatic heterocycles. The molecule has 134 valence electrons. The lowest BCUT2D eigenvalue weighted by atomic mass is 10.1. The van der Waals surface area contributed by atoms with Gasteiger partial charge in [-0.2, -0.15) is 0 Å². The first-order valence-corrected chi connectivity index (χ1v) is 12.3. The Morgan fingerprint density at radius 2 is 1.88 bits per heavy atom. The van der Waals surface area contributed by atoms with Gasteiger partial charge in [0.05, 0.1) is 10.7 Å². The maximum absolute atomic E-state index is 6.19. The van der Waals surface area contributed by atoms with Crippen molar-refractivity contribution < 1.29 is 4.74 Å². The summed E-state index contributed by atoms with van der Waals surface area (Å²) >= 11 is 6.19. The third-order valence-electron chi connectivity index (χ3n) is 3.63. The van der Waals surface area contributed by atoms with Crippen LogP contribution < -0.4 is 0 Å². The van der Waals surface area contributed by atoms with E-state index in [9.17, 15) is 0 Å². The van der Waals surface area contributed by atoms with Gasteiger partial charge in [-0.05, 0) is 25.1 Å². The molecule has 0 amide bonds. The molecule has 0 aromatic carbocycles. The van der Waals surface area contributed by atoms with E-state index in [0.29, 0.717) is 5.02 Å². The molecule has 1 N–H and O–H groups in total. The van der Waals surface area contributed by atoms with Crippen molar-refractivity contribution in [2.24, 2.45) is 0 Å². The third-order valence-corrected chi connectivity index (χ3v) is 5.65. The Hall–Kier alpha value is -1.76. The van der Waals surface area contributed by atoms with Crippen LogP contribution in [0, 0.1) is 6.92 Å². The molecule has 0 radical (unpaired) electrons. The average molecular weight is 377 g/mol. The van der Waals surface area contributed by atoms with Crippen LogP contribution in [0.1, 0.15) is 5.82 Å². The third kappa shape index (κ3) is 5.62. The second-order valence-corrected chi connectivity index (χ2v) is 13.0. The van der Waals surface area contributed by atoms with Gasteiger partial charge in [0, 0.05) is 51.3 Å². The molecule has 3 heterocycles. The summed E-state index contributed by atoms with van der Waals surface area (Å²) in [6, 6.07) is 4.91. The van der Waals surface area contributed by atoms with E-state index in [-0.39, 0.29) is 0 Å². The first-order valence-electron chi connectivity index (χ1n) is 8.22. The zero-order valence-corrected chi connectivity index (χ0v) is 17.2. The second-order valence-electron chi connectivity index (χ2n) is 7.01. The first-order chi connectivity index (χ1) is 11.8. The molecule has 0 unspecified atom stereocenters. The van der Waals surface area contributed by atoms with Gasteiger partial charge in [0.25, 0.3) is 0 Å². The highest BCUT2D eigenvalue weighted by molar-refractivity contribution is 6.76. The maximum Gasteiger partial charge on any atom is 0.139 e. The van der Waals surface area contributed by atoms with Gasteiger partial charge >= 0.3 is 0 Å². The number of halogens is 1. The van der Waals surface area contributed by atoms with Crippen molar-refractivity contribution in [1.82, 2.24) is 19.9 Å². The second kappa shape index (κ2) is 8.56. The van der Waals surface area contributed by atoms with Crippen LogP contribution in [-0.4, -0.2) is 41.7 Å². The molecule has 0 spiro atoms. The molecule has 0 bridgehead atoms. The van der Waals surface area contributed by atoms with Crippen LogP contribution in [0.5, 0.6) is 0 Å². The number of rotatable bonds is 4. The number of nitrogens with one attached hydrogen (secondary N) is 1. The summed E-state index contributed by atoms with van der Waals surface area (Å²) in [5, 5.41) is 1.56. The van der Waals surface area contributed by atoms with Gasteiger partial charge in [-0.25, -0.2) is 15.0 Å². The van der Waals surface area contributed by atoms with Crippen LogP contribution in [-0.2, 0) is 4.74 Å². The summed E-state index contributed by atoms with van der Waals surface area (Å²) in [7, 11) is 0.961. The summed E-state index contributed by atoms with van der Waals surface area (Å²) in [6.45, 7) is 9.86. The van der Waals surface area contributed by atoms with E-state index in [1.807, 2.05) is 19.2 Å². The van der Waals surface area contributed by atoms with Crippen molar-refractivity contribution in [3.05, 3.63) is 41.6 Å². The first kappa shape index (κ1) is 19.6. The summed E-state index contributed by atoms with van der Waals surface area (Å²) in [4.78, 5) is 15.8. The average Bonchev–Trinajstić information content (AvgIpc) is 2.98. The number of aryl methyl sites for hydroxylation is 1. The molecule has 0 fully saturated rings. The number of aromatic nitrogens is 4. The zero-order chi connectivity index (χ0) is 18.4. The highest BCUT2D eigenvalue weighted by Crippen LogP contribution is 2.31. The monoisotopic (exact) mass is 376 g/mol. The minimum absolute atomic E-state index is 0.669. The van der Waals surface area contributed by atoms with Crippen LogP contribution in [0.3, 0.4) is 0 Å². The Morgan fingerprint density at radius 3 is 2.48 bits per heavy atom. The smallest absolute Gasteiger partial charge is 0.139 e. The van der Waals surface area contributed by atoms with Crippen LogP contribution >= 0.6 is 11.6 Å². The van der Waals surface area contributed by atoms with Crippen molar-refractivity contribution in [2.45, 2.75) is 32.6 Å². The fourth-order valence-corrected chi connectivity index (χ4v) is 3.30. The molecular formula is C18H25ClN4OSi. The standard InChI is InChI=1S/C12H9ClN4.C6H16OSi/c1-7-14-5-3-10(17-7)8-6-16-12-11(8)9(13)2-4-15-12;1-7-5-6-8(2,3)4/h2-6H,1H3,(H,15,16);5-6H2,1-4H3. The Balaban J connectivity index is 0.000000242. The van der Waals surface area contributed by atoms with Gasteiger partial charge in [-0.3, -0.25) is 0 Å². The molecule has 25 heavy (non-hydrogen) atoms. The van der Waals surface area contributed by atoms with E-state index in [4.69, 9.17) is 16.3 Å². The number of aromatic amines is 1. The molecule has 7 heteroatoms. The van der Waals surface area contributed by atoms with Crippen LogP contribution in [0.4, 0.5) is 0 Å². The van der Waals surface area contributed by atoms with Crippen molar-refractivity contribution in [2.75, 3.05) is 13.7 Å². The lowest BCUT2D eigenvalue weighted by Crippen LogP contribution is -2.21. The lowest BCUT2D eigenvalue weighted by molar-refractivity contribution is 0.214. The summed E-state index contributed by atoms with van der Waals surface area (Å²) < 4.78 is 4.95. The van der Waals surface area contributed by atoms with Gasteiger partial charge in [-0.1, -0.05) is 31.2 Å². The molecule has 5 nitrogen and oxygen atoms in total. The van der Waals surface area contributed by atoms with Gasteiger partial charge in [0.15, 0.2) is 0 Å². The highest BCUT2D eigenvalue weighted by Gasteiger charge is 2.11. The van der Waals surface area contributed by atoms with E-state index in [1.165, 1.54) is 6.04 Å². The van der Waals surface area contributed by atoms with E-state index < -0.39 is 8.07 Å². The van der Waals surface area contributed by atoms with Gasteiger partial charge in [0.1, 0.15) is 11.5 Å². The minimum atomic E-state index is -0.803. The summed E-state index contributed by atoms with van der Waals surface area (Å²) in [5.74, 6) is 0.733. The van der Waals surface area contributed by atoms with E-state index in [0.717, 1.165) is 34.7 Å². The molecule has 0 saturated heterocycles. The van der Waals surface area contributed by atoms with Crippen LogP contribution in [0.25, 0.3) is 22.3 Å².